The predicted molar refractivity (Wildman–Crippen MR) is 119 cm³/mol. The van der Waals surface area contributed by atoms with E-state index >= 15 is 0 Å². The number of imidazole rings is 1. The number of rotatable bonds is 7. The third kappa shape index (κ3) is 4.67. The molecular weight excluding hydrogens is 394 g/mol. The van der Waals surface area contributed by atoms with Gasteiger partial charge in [0.25, 0.3) is 5.91 Å². The molecule has 5 nitrogen and oxygen atoms in total. The van der Waals surface area contributed by atoms with Crippen LogP contribution in [0.15, 0.2) is 102 Å². The first-order chi connectivity index (χ1) is 14.7. The molecule has 0 spiro atoms. The molecule has 0 saturated heterocycles. The van der Waals surface area contributed by atoms with Crippen molar-refractivity contribution in [2.24, 2.45) is 0 Å². The number of para-hydroxylation sites is 1. The van der Waals surface area contributed by atoms with Crippen LogP contribution in [0.25, 0.3) is 5.69 Å². The zero-order valence-corrected chi connectivity index (χ0v) is 16.9. The average Bonchev–Trinajstić information content (AvgIpc) is 3.27. The van der Waals surface area contributed by atoms with Crippen LogP contribution >= 0.6 is 11.8 Å². The highest BCUT2D eigenvalue weighted by molar-refractivity contribution is 7.99. The van der Waals surface area contributed by atoms with Crippen molar-refractivity contribution in [3.05, 3.63) is 108 Å². The highest BCUT2D eigenvalue weighted by Crippen LogP contribution is 2.22. The van der Waals surface area contributed by atoms with Gasteiger partial charge in [0.1, 0.15) is 0 Å². The Morgan fingerprint density at radius 3 is 2.33 bits per heavy atom. The molecule has 4 aromatic rings. The SMILES string of the molecule is O=C(CSc1nccn1-c1cccc(C(=O)Nc2ccccc2)c1)c1ccccc1. The van der Waals surface area contributed by atoms with Crippen LogP contribution in [0.3, 0.4) is 0 Å². The quantitative estimate of drug-likeness (QED) is 0.338. The van der Waals surface area contributed by atoms with E-state index in [4.69, 9.17) is 0 Å². The van der Waals surface area contributed by atoms with Crippen molar-refractivity contribution in [1.29, 1.82) is 0 Å². The van der Waals surface area contributed by atoms with Gasteiger partial charge >= 0.3 is 0 Å². The van der Waals surface area contributed by atoms with Crippen molar-refractivity contribution in [2.45, 2.75) is 5.16 Å². The number of amides is 1. The van der Waals surface area contributed by atoms with Gasteiger partial charge < -0.3 is 5.32 Å². The lowest BCUT2D eigenvalue weighted by molar-refractivity contribution is 0.101. The van der Waals surface area contributed by atoms with Crippen molar-refractivity contribution < 1.29 is 9.59 Å². The second kappa shape index (κ2) is 9.24. The van der Waals surface area contributed by atoms with E-state index in [1.54, 1.807) is 12.3 Å². The normalized spacial score (nSPS) is 10.5. The number of nitrogens with zero attached hydrogens (tertiary/aromatic N) is 2. The summed E-state index contributed by atoms with van der Waals surface area (Å²) in [7, 11) is 0. The molecule has 6 heteroatoms. The zero-order chi connectivity index (χ0) is 20.8. The summed E-state index contributed by atoms with van der Waals surface area (Å²) in [5, 5.41) is 3.58. The van der Waals surface area contributed by atoms with Crippen LogP contribution in [0, 0.1) is 0 Å². The molecule has 0 aliphatic heterocycles. The Hall–Kier alpha value is -3.64. The second-order valence-electron chi connectivity index (χ2n) is 6.53. The lowest BCUT2D eigenvalue weighted by Gasteiger charge is -2.10. The molecular formula is C24H19N3O2S. The van der Waals surface area contributed by atoms with E-state index < -0.39 is 0 Å². The van der Waals surface area contributed by atoms with Gasteiger partial charge in [-0.1, -0.05) is 66.4 Å². The Morgan fingerprint density at radius 2 is 1.57 bits per heavy atom. The van der Waals surface area contributed by atoms with Gasteiger partial charge in [0.2, 0.25) is 0 Å². The summed E-state index contributed by atoms with van der Waals surface area (Å²) in [5.74, 6) is 0.151. The van der Waals surface area contributed by atoms with Crippen LogP contribution in [0.1, 0.15) is 20.7 Å². The number of hydrogen-bond donors (Lipinski definition) is 1. The van der Waals surface area contributed by atoms with Gasteiger partial charge in [-0.3, -0.25) is 14.2 Å². The van der Waals surface area contributed by atoms with Crippen molar-refractivity contribution in [1.82, 2.24) is 9.55 Å². The summed E-state index contributed by atoms with van der Waals surface area (Å²) >= 11 is 1.37. The molecule has 3 aromatic carbocycles. The van der Waals surface area contributed by atoms with Gasteiger partial charge in [-0.15, -0.1) is 0 Å². The molecule has 0 bridgehead atoms. The Morgan fingerprint density at radius 1 is 0.867 bits per heavy atom. The van der Waals surface area contributed by atoms with E-state index in [2.05, 4.69) is 10.3 Å². The molecule has 0 atom stereocenters. The van der Waals surface area contributed by atoms with Gasteiger partial charge in [0.15, 0.2) is 10.9 Å². The topological polar surface area (TPSA) is 64.0 Å². The highest BCUT2D eigenvalue weighted by Gasteiger charge is 2.12. The number of carbonyl (C=O) groups excluding carboxylic acids is 2. The van der Waals surface area contributed by atoms with Crippen LogP contribution in [0.5, 0.6) is 0 Å². The standard InChI is InChI=1S/C24H19N3O2S/c28-22(18-8-3-1-4-9-18)17-30-24-25-14-15-27(24)21-13-7-10-19(16-21)23(29)26-20-11-5-2-6-12-20/h1-16H,17H2,(H,26,29). The fourth-order valence-electron chi connectivity index (χ4n) is 2.95. The lowest BCUT2D eigenvalue weighted by Crippen LogP contribution is -2.12. The van der Waals surface area contributed by atoms with E-state index in [1.807, 2.05) is 89.6 Å². The fraction of sp³-hybridized carbons (Fsp3) is 0.0417. The number of ketones is 1. The molecule has 4 rings (SSSR count). The number of aromatic nitrogens is 2. The monoisotopic (exact) mass is 413 g/mol. The van der Waals surface area contributed by atoms with Gasteiger partial charge in [0, 0.05) is 34.9 Å². The number of benzene rings is 3. The molecule has 0 aliphatic rings. The molecule has 0 fully saturated rings. The number of hydrogen-bond acceptors (Lipinski definition) is 4. The molecule has 1 N–H and O–H groups in total. The van der Waals surface area contributed by atoms with E-state index in [9.17, 15) is 9.59 Å². The maximum atomic E-state index is 12.6. The van der Waals surface area contributed by atoms with Crippen LogP contribution in [0.4, 0.5) is 5.69 Å². The number of Topliss-reactive ketones (excluding diaryl/α,β-unsaturated/α-hetero) is 1. The minimum Gasteiger partial charge on any atom is -0.322 e. The molecule has 148 valence electrons. The number of anilines is 1. The van der Waals surface area contributed by atoms with Gasteiger partial charge in [0.05, 0.1) is 5.75 Å². The summed E-state index contributed by atoms with van der Waals surface area (Å²) in [4.78, 5) is 29.4. The van der Waals surface area contributed by atoms with E-state index in [0.717, 1.165) is 11.4 Å². The van der Waals surface area contributed by atoms with Crippen molar-refractivity contribution in [2.75, 3.05) is 11.1 Å². The molecule has 30 heavy (non-hydrogen) atoms. The molecule has 0 saturated carbocycles. The van der Waals surface area contributed by atoms with Crippen molar-refractivity contribution in [3.8, 4) is 5.69 Å². The summed E-state index contributed by atoms with van der Waals surface area (Å²) in [6.07, 6.45) is 3.51. The second-order valence-corrected chi connectivity index (χ2v) is 7.47. The highest BCUT2D eigenvalue weighted by atomic mass is 32.2. The van der Waals surface area contributed by atoms with Crippen LogP contribution in [-0.2, 0) is 0 Å². The van der Waals surface area contributed by atoms with Crippen LogP contribution in [0.2, 0.25) is 0 Å². The minimum absolute atomic E-state index is 0.0474. The van der Waals surface area contributed by atoms with Gasteiger partial charge in [-0.2, -0.15) is 0 Å². The number of carbonyl (C=O) groups is 2. The van der Waals surface area contributed by atoms with Crippen molar-refractivity contribution >= 4 is 29.1 Å². The summed E-state index contributed by atoms with van der Waals surface area (Å²) < 4.78 is 1.88. The fourth-order valence-corrected chi connectivity index (χ4v) is 3.82. The third-order valence-corrected chi connectivity index (χ3v) is 5.42. The first-order valence-electron chi connectivity index (χ1n) is 9.42. The Labute approximate surface area is 178 Å². The summed E-state index contributed by atoms with van der Waals surface area (Å²) in [6.45, 7) is 0. The number of nitrogens with one attached hydrogen (secondary N) is 1. The average molecular weight is 414 g/mol. The molecule has 0 aliphatic carbocycles. The molecule has 1 aromatic heterocycles. The van der Waals surface area contributed by atoms with E-state index in [0.29, 0.717) is 16.3 Å². The first kappa shape index (κ1) is 19.7. The molecule has 1 amide bonds. The molecule has 0 radical (unpaired) electrons. The summed E-state index contributed by atoms with van der Waals surface area (Å²) in [6, 6.07) is 25.9. The van der Waals surface area contributed by atoms with Crippen LogP contribution in [-0.4, -0.2) is 27.0 Å². The van der Waals surface area contributed by atoms with E-state index in [1.165, 1.54) is 11.8 Å². The predicted octanol–water partition coefficient (Wildman–Crippen LogP) is 5.10. The maximum Gasteiger partial charge on any atom is 0.255 e. The van der Waals surface area contributed by atoms with Gasteiger partial charge in [-0.05, 0) is 30.3 Å². The largest absolute Gasteiger partial charge is 0.322 e. The lowest BCUT2D eigenvalue weighted by atomic mass is 10.2. The number of thioether (sulfide) groups is 1. The summed E-state index contributed by atoms with van der Waals surface area (Å²) in [5.41, 5.74) is 2.78. The smallest absolute Gasteiger partial charge is 0.255 e. The molecule has 0 unspecified atom stereocenters. The van der Waals surface area contributed by atoms with Crippen molar-refractivity contribution in [3.63, 3.8) is 0 Å². The third-order valence-electron chi connectivity index (χ3n) is 4.45. The zero-order valence-electron chi connectivity index (χ0n) is 16.1. The Bertz CT molecular complexity index is 1160. The first-order valence-corrected chi connectivity index (χ1v) is 10.4. The Kier molecular flexibility index (Phi) is 6.06. The van der Waals surface area contributed by atoms with Gasteiger partial charge in [-0.25, -0.2) is 4.98 Å². The minimum atomic E-state index is -0.184. The van der Waals surface area contributed by atoms with Crippen LogP contribution < -0.4 is 5.32 Å². The maximum absolute atomic E-state index is 12.6. The van der Waals surface area contributed by atoms with E-state index in [-0.39, 0.29) is 17.4 Å². The Balaban J connectivity index is 1.49. The molecule has 1 heterocycles.